The number of nitrogens with one attached hydrogen (secondary N) is 1. The Morgan fingerprint density at radius 1 is 1.33 bits per heavy atom. The first-order valence-corrected chi connectivity index (χ1v) is 7.43. The van der Waals surface area contributed by atoms with Crippen molar-refractivity contribution in [3.05, 3.63) is 28.2 Å². The molecule has 1 aliphatic rings. The van der Waals surface area contributed by atoms with Crippen molar-refractivity contribution < 1.29 is 18.3 Å². The van der Waals surface area contributed by atoms with Crippen LogP contribution in [0.4, 0.5) is 5.69 Å². The first-order valence-electron chi connectivity index (χ1n) is 5.20. The molecule has 1 aliphatic heterocycles. The molecule has 0 radical (unpaired) electrons. The van der Waals surface area contributed by atoms with E-state index in [0.717, 1.165) is 6.42 Å². The van der Waals surface area contributed by atoms with E-state index in [1.807, 2.05) is 0 Å². The molecule has 0 aromatic heterocycles. The van der Waals surface area contributed by atoms with Gasteiger partial charge in [-0.05, 0) is 24.6 Å². The minimum atomic E-state index is -3.57. The standard InChI is InChI=1S/C10H11BrN2O4S/c11-8-4-7(10(14)15)5-9(6-8)12-18(16,17)13-2-1-3-13/h4-6,12H,1-3H2,(H,14,15). The zero-order valence-electron chi connectivity index (χ0n) is 9.26. The summed E-state index contributed by atoms with van der Waals surface area (Å²) in [5, 5.41) is 8.89. The molecule has 1 aromatic rings. The fourth-order valence-corrected chi connectivity index (χ4v) is 3.29. The molecule has 98 valence electrons. The Kier molecular flexibility index (Phi) is 3.60. The number of halogens is 1. The van der Waals surface area contributed by atoms with Crippen LogP contribution in [0, 0.1) is 0 Å². The fourth-order valence-electron chi connectivity index (χ4n) is 1.51. The molecular weight excluding hydrogens is 324 g/mol. The topological polar surface area (TPSA) is 86.7 Å². The molecule has 0 amide bonds. The number of carboxylic acid groups (broad SMARTS) is 1. The van der Waals surface area contributed by atoms with E-state index < -0.39 is 16.2 Å². The SMILES string of the molecule is O=C(O)c1cc(Br)cc(NS(=O)(=O)N2CCC2)c1. The van der Waals surface area contributed by atoms with Crippen LogP contribution in [0.15, 0.2) is 22.7 Å². The Bertz CT molecular complexity index is 584. The van der Waals surface area contributed by atoms with Crippen LogP contribution < -0.4 is 4.72 Å². The van der Waals surface area contributed by atoms with Crippen LogP contribution in [0.5, 0.6) is 0 Å². The number of rotatable bonds is 4. The first-order chi connectivity index (χ1) is 8.38. The van der Waals surface area contributed by atoms with Crippen LogP contribution in [-0.2, 0) is 10.2 Å². The normalized spacial score (nSPS) is 16.1. The molecule has 1 heterocycles. The summed E-state index contributed by atoms with van der Waals surface area (Å²) in [5.41, 5.74) is 0.249. The van der Waals surface area contributed by atoms with Crippen LogP contribution in [0.25, 0.3) is 0 Å². The predicted octanol–water partition coefficient (Wildman–Crippen LogP) is 1.51. The average Bonchev–Trinajstić information content (AvgIpc) is 2.11. The molecule has 0 spiro atoms. The summed E-state index contributed by atoms with van der Waals surface area (Å²) in [6.07, 6.45) is 0.847. The van der Waals surface area contributed by atoms with Crippen molar-refractivity contribution in [2.45, 2.75) is 6.42 Å². The van der Waals surface area contributed by atoms with Crippen molar-refractivity contribution >= 4 is 37.8 Å². The van der Waals surface area contributed by atoms with Crippen LogP contribution in [0.3, 0.4) is 0 Å². The number of anilines is 1. The lowest BCUT2D eigenvalue weighted by atomic mass is 10.2. The molecule has 0 atom stereocenters. The monoisotopic (exact) mass is 334 g/mol. The third kappa shape index (κ3) is 2.82. The van der Waals surface area contributed by atoms with Gasteiger partial charge in [0.1, 0.15) is 0 Å². The van der Waals surface area contributed by atoms with Crippen molar-refractivity contribution in [3.63, 3.8) is 0 Å². The van der Waals surface area contributed by atoms with Gasteiger partial charge in [0.15, 0.2) is 0 Å². The van der Waals surface area contributed by atoms with Gasteiger partial charge in [-0.3, -0.25) is 4.72 Å². The van der Waals surface area contributed by atoms with Gasteiger partial charge < -0.3 is 5.11 Å². The molecule has 6 nitrogen and oxygen atoms in total. The maximum atomic E-state index is 11.8. The molecule has 0 saturated carbocycles. The highest BCUT2D eigenvalue weighted by molar-refractivity contribution is 9.10. The van der Waals surface area contributed by atoms with Gasteiger partial charge in [0.2, 0.25) is 0 Å². The lowest BCUT2D eigenvalue weighted by molar-refractivity contribution is 0.0697. The third-order valence-electron chi connectivity index (χ3n) is 2.55. The quantitative estimate of drug-likeness (QED) is 0.873. The highest BCUT2D eigenvalue weighted by Gasteiger charge is 2.27. The third-order valence-corrected chi connectivity index (χ3v) is 4.54. The van der Waals surface area contributed by atoms with Crippen molar-refractivity contribution in [2.75, 3.05) is 17.8 Å². The largest absolute Gasteiger partial charge is 0.478 e. The Labute approximate surface area is 113 Å². The number of aromatic carboxylic acids is 1. The van der Waals surface area contributed by atoms with Crippen LogP contribution >= 0.6 is 15.9 Å². The number of hydrogen-bond acceptors (Lipinski definition) is 3. The summed E-state index contributed by atoms with van der Waals surface area (Å²) in [4.78, 5) is 10.9. The highest BCUT2D eigenvalue weighted by atomic mass is 79.9. The number of carbonyl (C=O) groups is 1. The molecule has 8 heteroatoms. The summed E-state index contributed by atoms with van der Waals surface area (Å²) in [7, 11) is -3.57. The Morgan fingerprint density at radius 3 is 2.50 bits per heavy atom. The molecule has 2 N–H and O–H groups in total. The van der Waals surface area contributed by atoms with Gasteiger partial charge in [0.25, 0.3) is 0 Å². The zero-order chi connectivity index (χ0) is 13.3. The fraction of sp³-hybridized carbons (Fsp3) is 0.300. The van der Waals surface area contributed by atoms with Crippen LogP contribution in [-0.4, -0.2) is 36.9 Å². The summed E-state index contributed by atoms with van der Waals surface area (Å²) >= 11 is 3.15. The van der Waals surface area contributed by atoms with Crippen molar-refractivity contribution in [3.8, 4) is 0 Å². The van der Waals surface area contributed by atoms with E-state index in [1.54, 1.807) is 0 Å². The maximum Gasteiger partial charge on any atom is 0.335 e. The summed E-state index contributed by atoms with van der Waals surface area (Å²) in [6, 6.07) is 4.21. The van der Waals surface area contributed by atoms with E-state index in [2.05, 4.69) is 20.7 Å². The van der Waals surface area contributed by atoms with Crippen molar-refractivity contribution in [2.24, 2.45) is 0 Å². The molecule has 18 heavy (non-hydrogen) atoms. The van der Waals surface area contributed by atoms with Gasteiger partial charge in [-0.25, -0.2) is 4.79 Å². The minimum Gasteiger partial charge on any atom is -0.478 e. The summed E-state index contributed by atoms with van der Waals surface area (Å²) in [5.74, 6) is -1.11. The van der Waals surface area contributed by atoms with E-state index in [0.29, 0.717) is 17.6 Å². The molecule has 1 aromatic carbocycles. The molecule has 1 fully saturated rings. The van der Waals surface area contributed by atoms with Gasteiger partial charge in [-0.15, -0.1) is 0 Å². The predicted molar refractivity (Wildman–Crippen MR) is 69.8 cm³/mol. The molecule has 1 saturated heterocycles. The van der Waals surface area contributed by atoms with Gasteiger partial charge in [0, 0.05) is 17.6 Å². The Hall–Kier alpha value is -1.12. The zero-order valence-corrected chi connectivity index (χ0v) is 11.7. The Morgan fingerprint density at radius 2 is 2.00 bits per heavy atom. The smallest absolute Gasteiger partial charge is 0.335 e. The molecular formula is C10H11BrN2O4S. The molecule has 0 unspecified atom stereocenters. The summed E-state index contributed by atoms with van der Waals surface area (Å²) < 4.78 is 27.8. The van der Waals surface area contributed by atoms with E-state index in [4.69, 9.17) is 5.11 Å². The lowest BCUT2D eigenvalue weighted by Gasteiger charge is -2.29. The molecule has 0 bridgehead atoms. The Balaban J connectivity index is 2.26. The number of nitrogens with zero attached hydrogens (tertiary/aromatic N) is 1. The molecule has 0 aliphatic carbocycles. The van der Waals surface area contributed by atoms with Crippen molar-refractivity contribution in [1.29, 1.82) is 0 Å². The van der Waals surface area contributed by atoms with Crippen LogP contribution in [0.1, 0.15) is 16.8 Å². The second-order valence-electron chi connectivity index (χ2n) is 3.89. The number of hydrogen-bond donors (Lipinski definition) is 2. The lowest BCUT2D eigenvalue weighted by Crippen LogP contribution is -2.45. The molecule has 2 rings (SSSR count). The van der Waals surface area contributed by atoms with Gasteiger partial charge in [-0.1, -0.05) is 15.9 Å². The number of benzene rings is 1. The highest BCUT2D eigenvalue weighted by Crippen LogP contribution is 2.22. The minimum absolute atomic E-state index is 0.0192. The second-order valence-corrected chi connectivity index (χ2v) is 6.48. The van der Waals surface area contributed by atoms with E-state index in [1.165, 1.54) is 22.5 Å². The first kappa shape index (κ1) is 13.3. The van der Waals surface area contributed by atoms with E-state index in [9.17, 15) is 13.2 Å². The van der Waals surface area contributed by atoms with Gasteiger partial charge in [-0.2, -0.15) is 12.7 Å². The number of carboxylic acids is 1. The van der Waals surface area contributed by atoms with Crippen molar-refractivity contribution in [1.82, 2.24) is 4.31 Å². The second kappa shape index (κ2) is 4.87. The van der Waals surface area contributed by atoms with E-state index in [-0.39, 0.29) is 11.3 Å². The summed E-state index contributed by atoms with van der Waals surface area (Å²) in [6.45, 7) is 0.990. The van der Waals surface area contributed by atoms with Gasteiger partial charge >= 0.3 is 16.2 Å². The van der Waals surface area contributed by atoms with E-state index >= 15 is 0 Å². The average molecular weight is 335 g/mol. The van der Waals surface area contributed by atoms with Crippen LogP contribution in [0.2, 0.25) is 0 Å². The maximum absolute atomic E-state index is 11.8. The van der Waals surface area contributed by atoms with Gasteiger partial charge in [0.05, 0.1) is 11.3 Å².